The van der Waals surface area contributed by atoms with Gasteiger partial charge in [-0.15, -0.1) is 0 Å². The highest BCUT2D eigenvalue weighted by Crippen LogP contribution is 2.24. The van der Waals surface area contributed by atoms with E-state index in [1.807, 2.05) is 32.0 Å². The third-order valence-electron chi connectivity index (χ3n) is 3.72. The Balaban J connectivity index is 3.18. The zero-order valence-electron chi connectivity index (χ0n) is 12.0. The van der Waals surface area contributed by atoms with Crippen LogP contribution < -0.4 is 11.1 Å². The van der Waals surface area contributed by atoms with E-state index >= 15 is 0 Å². The molecule has 0 aliphatic heterocycles. The molecule has 0 spiro atoms. The Labute approximate surface area is 110 Å². The molecule has 3 heteroatoms. The summed E-state index contributed by atoms with van der Waals surface area (Å²) in [4.78, 5) is 11.8. The van der Waals surface area contributed by atoms with Gasteiger partial charge >= 0.3 is 0 Å². The zero-order chi connectivity index (χ0) is 13.9. The third kappa shape index (κ3) is 2.91. The van der Waals surface area contributed by atoms with Crippen molar-refractivity contribution >= 4 is 5.91 Å². The third-order valence-corrected chi connectivity index (χ3v) is 3.72. The summed E-state index contributed by atoms with van der Waals surface area (Å²) in [5.41, 5.74) is 8.10. The molecular formula is C15H24N2O. The molecule has 0 saturated carbocycles. The number of rotatable bonds is 5. The van der Waals surface area contributed by atoms with Crippen LogP contribution in [-0.4, -0.2) is 11.9 Å². The quantitative estimate of drug-likeness (QED) is 0.840. The molecule has 0 aliphatic rings. The van der Waals surface area contributed by atoms with Crippen molar-refractivity contribution in [2.45, 2.75) is 52.6 Å². The molecule has 0 fully saturated rings. The molecule has 0 aromatic heterocycles. The minimum absolute atomic E-state index is 0.240. The van der Waals surface area contributed by atoms with Crippen LogP contribution in [0.1, 0.15) is 43.9 Å². The van der Waals surface area contributed by atoms with Gasteiger partial charge in [0.25, 0.3) is 0 Å². The average Bonchev–Trinajstić information content (AvgIpc) is 2.31. The molecule has 0 bridgehead atoms. The Bertz CT molecular complexity index is 442. The Kier molecular flexibility index (Phi) is 4.52. The van der Waals surface area contributed by atoms with Crippen LogP contribution in [0.15, 0.2) is 18.2 Å². The first-order valence-corrected chi connectivity index (χ1v) is 6.46. The van der Waals surface area contributed by atoms with Gasteiger partial charge in [0.1, 0.15) is 5.54 Å². The summed E-state index contributed by atoms with van der Waals surface area (Å²) in [6.45, 7) is 10.1. The van der Waals surface area contributed by atoms with Gasteiger partial charge in [0.15, 0.2) is 0 Å². The van der Waals surface area contributed by atoms with Gasteiger partial charge < -0.3 is 5.73 Å². The number of benzene rings is 1. The molecule has 1 aromatic carbocycles. The number of nitrogens with two attached hydrogens (primary N) is 1. The molecule has 1 rings (SSSR count). The van der Waals surface area contributed by atoms with Gasteiger partial charge in [-0.05, 0) is 50.8 Å². The van der Waals surface area contributed by atoms with Crippen LogP contribution in [0.2, 0.25) is 0 Å². The van der Waals surface area contributed by atoms with Crippen molar-refractivity contribution in [3.05, 3.63) is 34.9 Å². The summed E-state index contributed by atoms with van der Waals surface area (Å²) in [6.07, 6.45) is 0.952. The fourth-order valence-electron chi connectivity index (χ4n) is 1.94. The lowest BCUT2D eigenvalue weighted by Gasteiger charge is -2.31. The highest BCUT2D eigenvalue weighted by Gasteiger charge is 2.34. The van der Waals surface area contributed by atoms with E-state index in [1.54, 1.807) is 0 Å². The van der Waals surface area contributed by atoms with E-state index in [2.05, 4.69) is 26.1 Å². The number of amides is 1. The number of hydrogen-bond donors (Lipinski definition) is 2. The molecule has 0 saturated heterocycles. The lowest BCUT2D eigenvalue weighted by molar-refractivity contribution is -0.124. The topological polar surface area (TPSA) is 55.1 Å². The average molecular weight is 248 g/mol. The van der Waals surface area contributed by atoms with Gasteiger partial charge in [-0.3, -0.25) is 10.1 Å². The highest BCUT2D eigenvalue weighted by molar-refractivity contribution is 5.85. The van der Waals surface area contributed by atoms with E-state index in [4.69, 9.17) is 5.73 Å². The maximum atomic E-state index is 11.8. The van der Waals surface area contributed by atoms with Crippen molar-refractivity contribution in [1.82, 2.24) is 5.32 Å². The largest absolute Gasteiger partial charge is 0.368 e. The predicted molar refractivity (Wildman–Crippen MR) is 75.4 cm³/mol. The van der Waals surface area contributed by atoms with Crippen molar-refractivity contribution < 1.29 is 4.79 Å². The number of nitrogens with one attached hydrogen (secondary N) is 1. The summed E-state index contributed by atoms with van der Waals surface area (Å²) < 4.78 is 0. The molecule has 0 aliphatic carbocycles. The van der Waals surface area contributed by atoms with Crippen LogP contribution in [0, 0.1) is 13.8 Å². The Hall–Kier alpha value is -1.35. The van der Waals surface area contributed by atoms with Gasteiger partial charge in [-0.2, -0.15) is 0 Å². The fourth-order valence-corrected chi connectivity index (χ4v) is 1.94. The molecule has 18 heavy (non-hydrogen) atoms. The van der Waals surface area contributed by atoms with E-state index in [-0.39, 0.29) is 11.9 Å². The Morgan fingerprint density at radius 2 is 2.00 bits per heavy atom. The van der Waals surface area contributed by atoms with Gasteiger partial charge in [0, 0.05) is 6.04 Å². The van der Waals surface area contributed by atoms with Crippen molar-refractivity contribution in [3.8, 4) is 0 Å². The van der Waals surface area contributed by atoms with Crippen molar-refractivity contribution in [3.63, 3.8) is 0 Å². The van der Waals surface area contributed by atoms with Gasteiger partial charge in [0.2, 0.25) is 5.91 Å². The second kappa shape index (κ2) is 5.53. The van der Waals surface area contributed by atoms with E-state index in [9.17, 15) is 4.79 Å². The second-order valence-electron chi connectivity index (χ2n) is 5.24. The first kappa shape index (κ1) is 14.7. The minimum atomic E-state index is -0.812. The first-order valence-electron chi connectivity index (χ1n) is 6.46. The van der Waals surface area contributed by atoms with E-state index in [0.29, 0.717) is 0 Å². The van der Waals surface area contributed by atoms with Crippen molar-refractivity contribution in [1.29, 1.82) is 0 Å². The van der Waals surface area contributed by atoms with Crippen molar-refractivity contribution in [2.75, 3.05) is 0 Å². The van der Waals surface area contributed by atoms with E-state index < -0.39 is 5.54 Å². The molecule has 100 valence electrons. The standard InChI is InChI=1S/C15H24N2O/c1-6-12(4)17-15(5,14(16)18)13-8-7-10(2)11(3)9-13/h7-9,12,17H,6H2,1-5H3,(H2,16,18). The highest BCUT2D eigenvalue weighted by atomic mass is 16.1. The smallest absolute Gasteiger partial charge is 0.242 e. The van der Waals surface area contributed by atoms with Crippen LogP contribution in [0.25, 0.3) is 0 Å². The Morgan fingerprint density at radius 1 is 1.39 bits per heavy atom. The summed E-state index contributed by atoms with van der Waals surface area (Å²) >= 11 is 0. The van der Waals surface area contributed by atoms with Crippen LogP contribution in [-0.2, 0) is 10.3 Å². The number of hydrogen-bond acceptors (Lipinski definition) is 2. The van der Waals surface area contributed by atoms with Gasteiger partial charge in [0.05, 0.1) is 0 Å². The van der Waals surface area contributed by atoms with Gasteiger partial charge in [-0.25, -0.2) is 0 Å². The maximum Gasteiger partial charge on any atom is 0.242 e. The second-order valence-corrected chi connectivity index (χ2v) is 5.24. The summed E-state index contributed by atoms with van der Waals surface area (Å²) in [6, 6.07) is 6.28. The van der Waals surface area contributed by atoms with E-state index in [0.717, 1.165) is 12.0 Å². The number of carbonyl (C=O) groups excluding carboxylic acids is 1. The van der Waals surface area contributed by atoms with E-state index in [1.165, 1.54) is 11.1 Å². The predicted octanol–water partition coefficient (Wildman–Crippen LogP) is 2.39. The molecule has 2 atom stereocenters. The minimum Gasteiger partial charge on any atom is -0.368 e. The van der Waals surface area contributed by atoms with Crippen LogP contribution in [0.4, 0.5) is 0 Å². The van der Waals surface area contributed by atoms with Crippen molar-refractivity contribution in [2.24, 2.45) is 5.73 Å². The lowest BCUT2D eigenvalue weighted by Crippen LogP contribution is -2.53. The normalized spacial score (nSPS) is 16.1. The molecule has 2 unspecified atom stereocenters. The fraction of sp³-hybridized carbons (Fsp3) is 0.533. The molecule has 3 nitrogen and oxygen atoms in total. The van der Waals surface area contributed by atoms with Crippen LogP contribution in [0.5, 0.6) is 0 Å². The summed E-state index contributed by atoms with van der Waals surface area (Å²) in [5, 5.41) is 3.33. The molecule has 1 aromatic rings. The monoisotopic (exact) mass is 248 g/mol. The number of carbonyl (C=O) groups is 1. The Morgan fingerprint density at radius 3 is 2.44 bits per heavy atom. The maximum absolute atomic E-state index is 11.8. The number of aryl methyl sites for hydroxylation is 2. The van der Waals surface area contributed by atoms with Crippen LogP contribution in [0.3, 0.4) is 0 Å². The molecule has 1 amide bonds. The van der Waals surface area contributed by atoms with Crippen LogP contribution >= 0.6 is 0 Å². The molecule has 0 heterocycles. The zero-order valence-corrected chi connectivity index (χ0v) is 12.0. The summed E-state index contributed by atoms with van der Waals surface area (Å²) in [5.74, 6) is -0.342. The first-order chi connectivity index (χ1) is 8.31. The molecule has 3 N–H and O–H groups in total. The SMILES string of the molecule is CCC(C)NC(C)(C(N)=O)c1ccc(C)c(C)c1. The van der Waals surface area contributed by atoms with Gasteiger partial charge in [-0.1, -0.05) is 25.1 Å². The molecular weight excluding hydrogens is 224 g/mol. The lowest BCUT2D eigenvalue weighted by atomic mass is 9.88. The summed E-state index contributed by atoms with van der Waals surface area (Å²) in [7, 11) is 0. The number of primary amides is 1. The molecule has 0 radical (unpaired) electrons.